The van der Waals surface area contributed by atoms with Gasteiger partial charge >= 0.3 is 0 Å². The van der Waals surface area contributed by atoms with Gasteiger partial charge in [0.05, 0.1) is 6.61 Å². The third kappa shape index (κ3) is 1.27. The monoisotopic (exact) mass is 230 g/mol. The Morgan fingerprint density at radius 2 is 2.25 bits per heavy atom. The first-order chi connectivity index (χ1) is 5.62. The second-order valence-corrected chi connectivity index (χ2v) is 4.06. The van der Waals surface area contributed by atoms with Crippen LogP contribution in [-0.2, 0) is 10.3 Å². The molecule has 1 nitrogen and oxygen atoms in total. The Balaban J connectivity index is 2.48. The predicted molar refractivity (Wildman–Crippen MR) is 47.4 cm³/mol. The fraction of sp³-hybridized carbons (Fsp3) is 0.333. The molecule has 0 unspecified atom stereocenters. The van der Waals surface area contributed by atoms with Gasteiger partial charge in [-0.1, -0.05) is 15.9 Å². The maximum atomic E-state index is 13.2. The average Bonchev–Trinajstić information content (AvgIpc) is 2.75. The van der Waals surface area contributed by atoms with Crippen LogP contribution in [0.5, 0.6) is 0 Å². The Hall–Kier alpha value is -0.410. The van der Waals surface area contributed by atoms with E-state index in [0.29, 0.717) is 12.2 Å². The molecule has 64 valence electrons. The molecule has 1 saturated heterocycles. The van der Waals surface area contributed by atoms with E-state index in [2.05, 4.69) is 15.9 Å². The molecule has 0 amide bonds. The van der Waals surface area contributed by atoms with Crippen LogP contribution in [-0.4, -0.2) is 6.61 Å². The summed E-state index contributed by atoms with van der Waals surface area (Å²) in [6, 6.07) is 4.90. The average molecular weight is 231 g/mol. The van der Waals surface area contributed by atoms with Crippen LogP contribution in [0.2, 0.25) is 0 Å². The minimum Gasteiger partial charge on any atom is -0.365 e. The van der Waals surface area contributed by atoms with Crippen LogP contribution in [0.15, 0.2) is 22.7 Å². The lowest BCUT2D eigenvalue weighted by Gasteiger charge is -2.06. The maximum absolute atomic E-state index is 13.2. The summed E-state index contributed by atoms with van der Waals surface area (Å²) in [6.07, 6.45) is 0. The molecule has 0 aromatic heterocycles. The number of hydrogen-bond donors (Lipinski definition) is 0. The Morgan fingerprint density at radius 1 is 1.58 bits per heavy atom. The summed E-state index contributed by atoms with van der Waals surface area (Å²) in [5, 5.41) is 0. The van der Waals surface area contributed by atoms with E-state index in [4.69, 9.17) is 4.74 Å². The molecule has 1 heterocycles. The molecular weight excluding hydrogens is 223 g/mol. The number of benzene rings is 1. The van der Waals surface area contributed by atoms with Crippen molar-refractivity contribution in [1.82, 2.24) is 0 Å². The topological polar surface area (TPSA) is 12.5 Å². The molecule has 0 aliphatic carbocycles. The summed E-state index contributed by atoms with van der Waals surface area (Å²) >= 11 is 3.29. The van der Waals surface area contributed by atoms with Crippen molar-refractivity contribution in [2.24, 2.45) is 0 Å². The zero-order chi connectivity index (χ0) is 8.77. The number of rotatable bonds is 1. The lowest BCUT2D eigenvalue weighted by atomic mass is 10.0. The molecular formula is C9H8BrFO. The molecule has 1 aliphatic heterocycles. The van der Waals surface area contributed by atoms with Crippen molar-refractivity contribution in [2.75, 3.05) is 6.61 Å². The second-order valence-electron chi connectivity index (χ2n) is 3.14. The zero-order valence-corrected chi connectivity index (χ0v) is 8.19. The first-order valence-electron chi connectivity index (χ1n) is 3.71. The summed E-state index contributed by atoms with van der Waals surface area (Å²) in [5.74, 6) is -0.196. The highest BCUT2D eigenvalue weighted by molar-refractivity contribution is 9.10. The number of ether oxygens (including phenoxy) is 1. The van der Waals surface area contributed by atoms with E-state index in [-0.39, 0.29) is 11.4 Å². The van der Waals surface area contributed by atoms with Crippen molar-refractivity contribution >= 4 is 15.9 Å². The van der Waals surface area contributed by atoms with Crippen LogP contribution in [0.25, 0.3) is 0 Å². The molecule has 1 aliphatic rings. The minimum absolute atomic E-state index is 0.196. The maximum Gasteiger partial charge on any atom is 0.129 e. The van der Waals surface area contributed by atoms with E-state index < -0.39 is 0 Å². The van der Waals surface area contributed by atoms with Gasteiger partial charge in [0.15, 0.2) is 0 Å². The van der Waals surface area contributed by atoms with Crippen molar-refractivity contribution in [3.8, 4) is 0 Å². The van der Waals surface area contributed by atoms with E-state index >= 15 is 0 Å². The van der Waals surface area contributed by atoms with Crippen LogP contribution in [0.3, 0.4) is 0 Å². The number of hydrogen-bond acceptors (Lipinski definition) is 1. The lowest BCUT2D eigenvalue weighted by Crippen LogP contribution is -2.04. The largest absolute Gasteiger partial charge is 0.365 e. The van der Waals surface area contributed by atoms with Crippen molar-refractivity contribution in [3.63, 3.8) is 0 Å². The standard InChI is InChI=1S/C9H8BrFO/c1-9(5-12-9)7-4-6(10)2-3-8(7)11/h2-4H,5H2,1H3/t9-/m1/s1. The zero-order valence-electron chi connectivity index (χ0n) is 6.60. The van der Waals surface area contributed by atoms with Gasteiger partial charge in [0.1, 0.15) is 11.4 Å². The Bertz CT molecular complexity index is 320. The molecule has 1 fully saturated rings. The summed E-state index contributed by atoms with van der Waals surface area (Å²) in [4.78, 5) is 0. The molecule has 0 N–H and O–H groups in total. The van der Waals surface area contributed by atoms with Crippen LogP contribution < -0.4 is 0 Å². The molecule has 1 aromatic rings. The van der Waals surface area contributed by atoms with Crippen LogP contribution >= 0.6 is 15.9 Å². The third-order valence-electron chi connectivity index (χ3n) is 2.08. The fourth-order valence-electron chi connectivity index (χ4n) is 1.17. The quantitative estimate of drug-likeness (QED) is 0.677. The molecule has 1 aromatic carbocycles. The Morgan fingerprint density at radius 3 is 2.83 bits per heavy atom. The van der Waals surface area contributed by atoms with E-state index in [9.17, 15) is 4.39 Å². The van der Waals surface area contributed by atoms with Gasteiger partial charge in [-0.3, -0.25) is 0 Å². The summed E-state index contributed by atoms with van der Waals surface area (Å²) in [6.45, 7) is 2.50. The van der Waals surface area contributed by atoms with E-state index in [1.807, 2.05) is 6.92 Å². The van der Waals surface area contributed by atoms with Crippen molar-refractivity contribution in [1.29, 1.82) is 0 Å². The first-order valence-corrected chi connectivity index (χ1v) is 4.51. The lowest BCUT2D eigenvalue weighted by molar-refractivity contribution is 0.321. The molecule has 1 atom stereocenters. The van der Waals surface area contributed by atoms with Gasteiger partial charge < -0.3 is 4.74 Å². The molecule has 12 heavy (non-hydrogen) atoms. The van der Waals surface area contributed by atoms with Crippen molar-refractivity contribution < 1.29 is 9.13 Å². The van der Waals surface area contributed by atoms with Gasteiger partial charge in [-0.05, 0) is 25.1 Å². The molecule has 0 radical (unpaired) electrons. The van der Waals surface area contributed by atoms with Gasteiger partial charge in [-0.25, -0.2) is 4.39 Å². The Kier molecular flexibility index (Phi) is 1.73. The van der Waals surface area contributed by atoms with Crippen LogP contribution in [0.1, 0.15) is 12.5 Å². The summed E-state index contributed by atoms with van der Waals surface area (Å²) in [7, 11) is 0. The fourth-order valence-corrected chi connectivity index (χ4v) is 1.53. The van der Waals surface area contributed by atoms with E-state index in [1.165, 1.54) is 6.07 Å². The number of halogens is 2. The molecule has 0 saturated carbocycles. The molecule has 0 bridgehead atoms. The highest BCUT2D eigenvalue weighted by atomic mass is 79.9. The van der Waals surface area contributed by atoms with E-state index in [1.54, 1.807) is 12.1 Å². The molecule has 2 rings (SSSR count). The Labute approximate surface area is 78.7 Å². The van der Waals surface area contributed by atoms with Gasteiger partial charge in [0, 0.05) is 10.0 Å². The highest BCUT2D eigenvalue weighted by Crippen LogP contribution is 2.40. The highest BCUT2D eigenvalue weighted by Gasteiger charge is 2.43. The second kappa shape index (κ2) is 2.54. The smallest absolute Gasteiger partial charge is 0.129 e. The van der Waals surface area contributed by atoms with Gasteiger partial charge in [-0.15, -0.1) is 0 Å². The minimum atomic E-state index is -0.381. The predicted octanol–water partition coefficient (Wildman–Crippen LogP) is 2.83. The van der Waals surface area contributed by atoms with Crippen molar-refractivity contribution in [2.45, 2.75) is 12.5 Å². The third-order valence-corrected chi connectivity index (χ3v) is 2.57. The molecule has 0 spiro atoms. The van der Waals surface area contributed by atoms with Gasteiger partial charge in [-0.2, -0.15) is 0 Å². The summed E-state index contributed by atoms with van der Waals surface area (Å²) < 4.78 is 19.2. The van der Waals surface area contributed by atoms with Gasteiger partial charge in [0.2, 0.25) is 0 Å². The number of epoxide rings is 1. The summed E-state index contributed by atoms with van der Waals surface area (Å²) in [5.41, 5.74) is 0.255. The normalized spacial score (nSPS) is 27.2. The van der Waals surface area contributed by atoms with Crippen LogP contribution in [0, 0.1) is 5.82 Å². The van der Waals surface area contributed by atoms with Gasteiger partial charge in [0.25, 0.3) is 0 Å². The van der Waals surface area contributed by atoms with E-state index in [0.717, 1.165) is 4.47 Å². The van der Waals surface area contributed by atoms with Crippen molar-refractivity contribution in [3.05, 3.63) is 34.1 Å². The first kappa shape index (κ1) is 8.20. The molecule has 3 heteroatoms. The van der Waals surface area contributed by atoms with Crippen LogP contribution in [0.4, 0.5) is 4.39 Å². The SMILES string of the molecule is C[C@]1(c2cc(Br)ccc2F)CO1.